The van der Waals surface area contributed by atoms with Gasteiger partial charge in [0, 0.05) is 18.3 Å². The fourth-order valence-corrected chi connectivity index (χ4v) is 2.87. The molecular weight excluding hydrogens is 292 g/mol. The van der Waals surface area contributed by atoms with Crippen LogP contribution in [0.1, 0.15) is 18.4 Å². The van der Waals surface area contributed by atoms with Crippen molar-refractivity contribution >= 4 is 11.6 Å². The summed E-state index contributed by atoms with van der Waals surface area (Å²) in [6.07, 6.45) is 1.89. The molecule has 1 fully saturated rings. The first-order valence-electron chi connectivity index (χ1n) is 7.97. The molecule has 1 amide bonds. The Morgan fingerprint density at radius 1 is 1.39 bits per heavy atom. The maximum absolute atomic E-state index is 12.5. The lowest BCUT2D eigenvalue weighted by molar-refractivity contribution is -0.133. The van der Waals surface area contributed by atoms with Gasteiger partial charge in [-0.1, -0.05) is 0 Å². The largest absolute Gasteiger partial charge is 0.395 e. The Labute approximate surface area is 137 Å². The van der Waals surface area contributed by atoms with Crippen LogP contribution in [0.5, 0.6) is 0 Å². The number of nitriles is 1. The van der Waals surface area contributed by atoms with E-state index in [1.165, 1.54) is 0 Å². The Balaban J connectivity index is 1.91. The fraction of sp³-hybridized carbons (Fsp3) is 0.529. The molecule has 1 heterocycles. The number of aliphatic hydroxyl groups excluding tert-OH is 1. The summed E-state index contributed by atoms with van der Waals surface area (Å²) in [7, 11) is 2.08. The Morgan fingerprint density at radius 3 is 2.61 bits per heavy atom. The molecule has 6 nitrogen and oxygen atoms in total. The number of nitrogens with one attached hydrogen (secondary N) is 1. The molecule has 1 aromatic rings. The Bertz CT molecular complexity index is 545. The normalized spacial score (nSPS) is 15.9. The van der Waals surface area contributed by atoms with Gasteiger partial charge in [0.1, 0.15) is 0 Å². The second-order valence-electron chi connectivity index (χ2n) is 5.89. The van der Waals surface area contributed by atoms with Crippen LogP contribution in [0.3, 0.4) is 0 Å². The minimum atomic E-state index is -0.0189. The molecule has 0 saturated carbocycles. The molecule has 2 rings (SSSR count). The monoisotopic (exact) mass is 316 g/mol. The van der Waals surface area contributed by atoms with E-state index in [1.807, 2.05) is 0 Å². The van der Waals surface area contributed by atoms with Crippen molar-refractivity contribution < 1.29 is 9.90 Å². The van der Waals surface area contributed by atoms with Crippen LogP contribution in [-0.4, -0.2) is 66.7 Å². The van der Waals surface area contributed by atoms with Crippen molar-refractivity contribution in [1.29, 1.82) is 5.26 Å². The number of piperidine rings is 1. The summed E-state index contributed by atoms with van der Waals surface area (Å²) in [6.45, 7) is 2.50. The second kappa shape index (κ2) is 8.51. The molecule has 0 bridgehead atoms. The van der Waals surface area contributed by atoms with Crippen molar-refractivity contribution in [2.75, 3.05) is 45.2 Å². The van der Waals surface area contributed by atoms with E-state index >= 15 is 0 Å². The standard InChI is InChI=1S/C17H24N4O2/c1-20-8-6-16(7-9-20)21(10-11-22)17(23)13-19-15-4-2-14(12-18)3-5-15/h2-5,16,19,22H,6-11,13H2,1H3. The number of hydrogen-bond acceptors (Lipinski definition) is 5. The van der Waals surface area contributed by atoms with E-state index in [4.69, 9.17) is 5.26 Å². The predicted octanol–water partition coefficient (Wildman–Crippen LogP) is 0.885. The van der Waals surface area contributed by atoms with Crippen LogP contribution in [0.2, 0.25) is 0 Å². The number of likely N-dealkylation sites (tertiary alicyclic amines) is 1. The number of hydrogen-bond donors (Lipinski definition) is 2. The zero-order valence-electron chi connectivity index (χ0n) is 13.5. The van der Waals surface area contributed by atoms with Gasteiger partial charge in [0.25, 0.3) is 0 Å². The number of carbonyl (C=O) groups is 1. The van der Waals surface area contributed by atoms with Gasteiger partial charge in [-0.25, -0.2) is 0 Å². The van der Waals surface area contributed by atoms with E-state index in [0.29, 0.717) is 12.1 Å². The van der Waals surface area contributed by atoms with Crippen molar-refractivity contribution in [2.45, 2.75) is 18.9 Å². The molecule has 6 heteroatoms. The van der Waals surface area contributed by atoms with Crippen molar-refractivity contribution in [2.24, 2.45) is 0 Å². The average molecular weight is 316 g/mol. The third-order valence-electron chi connectivity index (χ3n) is 4.25. The molecule has 0 aromatic heterocycles. The number of aliphatic hydroxyl groups is 1. The molecule has 0 aliphatic carbocycles. The van der Waals surface area contributed by atoms with Crippen LogP contribution in [0, 0.1) is 11.3 Å². The molecule has 1 aromatic carbocycles. The topological polar surface area (TPSA) is 79.6 Å². The highest BCUT2D eigenvalue weighted by atomic mass is 16.3. The van der Waals surface area contributed by atoms with Crippen LogP contribution in [0.4, 0.5) is 5.69 Å². The molecule has 0 unspecified atom stereocenters. The van der Waals surface area contributed by atoms with Crippen molar-refractivity contribution in [1.82, 2.24) is 9.80 Å². The van der Waals surface area contributed by atoms with E-state index < -0.39 is 0 Å². The highest BCUT2D eigenvalue weighted by Gasteiger charge is 2.26. The van der Waals surface area contributed by atoms with Gasteiger partial charge in [0.15, 0.2) is 0 Å². The molecule has 0 radical (unpaired) electrons. The highest BCUT2D eigenvalue weighted by Crippen LogP contribution is 2.16. The van der Waals surface area contributed by atoms with E-state index in [2.05, 4.69) is 23.3 Å². The van der Waals surface area contributed by atoms with E-state index in [-0.39, 0.29) is 25.1 Å². The van der Waals surface area contributed by atoms with E-state index in [0.717, 1.165) is 31.6 Å². The molecule has 23 heavy (non-hydrogen) atoms. The van der Waals surface area contributed by atoms with Gasteiger partial charge < -0.3 is 20.2 Å². The number of rotatable bonds is 6. The zero-order chi connectivity index (χ0) is 16.7. The van der Waals surface area contributed by atoms with Gasteiger partial charge in [-0.05, 0) is 57.2 Å². The number of amides is 1. The predicted molar refractivity (Wildman–Crippen MR) is 89.0 cm³/mol. The molecule has 1 saturated heterocycles. The van der Waals surface area contributed by atoms with Crippen molar-refractivity contribution in [3.63, 3.8) is 0 Å². The number of benzene rings is 1. The number of anilines is 1. The summed E-state index contributed by atoms with van der Waals surface area (Å²) in [5.41, 5.74) is 1.40. The Kier molecular flexibility index (Phi) is 6.39. The van der Waals surface area contributed by atoms with Gasteiger partial charge in [0.2, 0.25) is 5.91 Å². The van der Waals surface area contributed by atoms with Crippen LogP contribution in [0.25, 0.3) is 0 Å². The fourth-order valence-electron chi connectivity index (χ4n) is 2.87. The summed E-state index contributed by atoms with van der Waals surface area (Å²) in [5.74, 6) is -0.00189. The molecular formula is C17H24N4O2. The van der Waals surface area contributed by atoms with Crippen LogP contribution >= 0.6 is 0 Å². The van der Waals surface area contributed by atoms with E-state index in [9.17, 15) is 9.90 Å². The number of nitrogens with zero attached hydrogens (tertiary/aromatic N) is 3. The SMILES string of the molecule is CN1CCC(N(CCO)C(=O)CNc2ccc(C#N)cc2)CC1. The summed E-state index contributed by atoms with van der Waals surface area (Å²) >= 11 is 0. The lowest BCUT2D eigenvalue weighted by Crippen LogP contribution is -2.49. The van der Waals surface area contributed by atoms with Gasteiger partial charge >= 0.3 is 0 Å². The highest BCUT2D eigenvalue weighted by molar-refractivity contribution is 5.81. The van der Waals surface area contributed by atoms with Crippen LogP contribution in [0.15, 0.2) is 24.3 Å². The Morgan fingerprint density at radius 2 is 2.04 bits per heavy atom. The molecule has 0 spiro atoms. The molecule has 1 aliphatic heterocycles. The summed E-state index contributed by atoms with van der Waals surface area (Å²) in [5, 5.41) is 21.1. The first-order chi connectivity index (χ1) is 11.1. The minimum absolute atomic E-state index is 0.00189. The van der Waals surface area contributed by atoms with Crippen molar-refractivity contribution in [3.05, 3.63) is 29.8 Å². The third kappa shape index (κ3) is 4.95. The molecule has 124 valence electrons. The smallest absolute Gasteiger partial charge is 0.242 e. The molecule has 0 atom stereocenters. The summed E-state index contributed by atoms with van der Waals surface area (Å²) < 4.78 is 0. The van der Waals surface area contributed by atoms with E-state index in [1.54, 1.807) is 29.2 Å². The second-order valence-corrected chi connectivity index (χ2v) is 5.89. The quantitative estimate of drug-likeness (QED) is 0.814. The molecule has 1 aliphatic rings. The maximum Gasteiger partial charge on any atom is 0.242 e. The first-order valence-corrected chi connectivity index (χ1v) is 7.97. The molecule has 2 N–H and O–H groups in total. The van der Waals surface area contributed by atoms with Gasteiger partial charge in [-0.3, -0.25) is 4.79 Å². The van der Waals surface area contributed by atoms with Gasteiger partial charge in [0.05, 0.1) is 24.8 Å². The number of carbonyl (C=O) groups excluding carboxylic acids is 1. The minimum Gasteiger partial charge on any atom is -0.395 e. The first kappa shape index (κ1) is 17.3. The third-order valence-corrected chi connectivity index (χ3v) is 4.25. The lowest BCUT2D eigenvalue weighted by Gasteiger charge is -2.37. The zero-order valence-corrected chi connectivity index (χ0v) is 13.5. The lowest BCUT2D eigenvalue weighted by atomic mass is 10.0. The van der Waals surface area contributed by atoms with Crippen LogP contribution < -0.4 is 5.32 Å². The van der Waals surface area contributed by atoms with Crippen LogP contribution in [-0.2, 0) is 4.79 Å². The Hall–Kier alpha value is -2.10. The maximum atomic E-state index is 12.5. The van der Waals surface area contributed by atoms with Gasteiger partial charge in [-0.2, -0.15) is 5.26 Å². The van der Waals surface area contributed by atoms with Crippen molar-refractivity contribution in [3.8, 4) is 6.07 Å². The van der Waals surface area contributed by atoms with Gasteiger partial charge in [-0.15, -0.1) is 0 Å². The average Bonchev–Trinajstić information content (AvgIpc) is 2.59. The summed E-state index contributed by atoms with van der Waals surface area (Å²) in [6, 6.07) is 9.28. The summed E-state index contributed by atoms with van der Waals surface area (Å²) in [4.78, 5) is 16.5.